The Hall–Kier alpha value is -3.97. The average Bonchev–Trinajstić information content (AvgIpc) is 2.79. The van der Waals surface area contributed by atoms with Crippen molar-refractivity contribution in [3.63, 3.8) is 0 Å². The number of aromatic hydroxyl groups is 1. The first-order valence-corrected chi connectivity index (χ1v) is 8.36. The zero-order valence-corrected chi connectivity index (χ0v) is 16.9. The first-order valence-electron chi connectivity index (χ1n) is 8.36. The van der Waals surface area contributed by atoms with Crippen LogP contribution < -0.4 is 9.47 Å². The second kappa shape index (κ2) is 10.8. The van der Waals surface area contributed by atoms with Crippen molar-refractivity contribution in [2.45, 2.75) is 13.8 Å². The second-order valence-electron chi connectivity index (χ2n) is 6.17. The standard InChI is InChI=1S/C10H5F5O2.C10H6F4O3/c1-3(2)10(16)17-9-7(14)5(12)4(11)6(13)8(9)15;1-3(2)10(16)17-9-6(13)4(11)8(15)5(12)7(9)14/h1H2,2H3;15H,1H2,2H3. The molecule has 2 rings (SSSR count). The van der Waals surface area contributed by atoms with E-state index in [2.05, 4.69) is 22.6 Å². The number of esters is 2. The summed E-state index contributed by atoms with van der Waals surface area (Å²) in [5.41, 5.74) is -0.480. The SMILES string of the molecule is C=C(C)C(=O)Oc1c(F)c(F)c(F)c(F)c1F.C=C(C)C(=O)Oc1c(F)c(F)c(O)c(F)c1F. The fourth-order valence-corrected chi connectivity index (χ4v) is 1.72. The minimum atomic E-state index is -2.32. The number of carbonyl (C=O) groups excluding carboxylic acids is 2. The Kier molecular flexibility index (Phi) is 8.89. The summed E-state index contributed by atoms with van der Waals surface area (Å²) in [7, 11) is 0. The monoisotopic (exact) mass is 502 g/mol. The topological polar surface area (TPSA) is 72.8 Å². The predicted molar refractivity (Wildman–Crippen MR) is 95.1 cm³/mol. The molecule has 1 N–H and O–H groups in total. The summed E-state index contributed by atoms with van der Waals surface area (Å²) in [5, 5.41) is 8.65. The van der Waals surface area contributed by atoms with E-state index < -0.39 is 81.5 Å². The van der Waals surface area contributed by atoms with E-state index in [-0.39, 0.29) is 11.1 Å². The van der Waals surface area contributed by atoms with Gasteiger partial charge in [-0.2, -0.15) is 26.3 Å². The summed E-state index contributed by atoms with van der Waals surface area (Å²) in [4.78, 5) is 21.9. The van der Waals surface area contributed by atoms with Gasteiger partial charge in [0.05, 0.1) is 0 Å². The summed E-state index contributed by atoms with van der Waals surface area (Å²) in [6, 6.07) is 0. The van der Waals surface area contributed by atoms with Gasteiger partial charge in [-0.3, -0.25) is 0 Å². The molecule has 0 spiro atoms. The Morgan fingerprint density at radius 2 is 0.794 bits per heavy atom. The lowest BCUT2D eigenvalue weighted by Crippen LogP contribution is -2.13. The zero-order valence-electron chi connectivity index (χ0n) is 16.9. The maximum absolute atomic E-state index is 13.1. The van der Waals surface area contributed by atoms with Gasteiger partial charge in [0.1, 0.15) is 0 Å². The van der Waals surface area contributed by atoms with Crippen molar-refractivity contribution in [2.75, 3.05) is 0 Å². The molecule has 14 heteroatoms. The normalized spacial score (nSPS) is 10.2. The lowest BCUT2D eigenvalue weighted by molar-refractivity contribution is -0.131. The van der Waals surface area contributed by atoms with Gasteiger partial charge in [0.15, 0.2) is 5.75 Å². The number of rotatable bonds is 4. The van der Waals surface area contributed by atoms with E-state index in [9.17, 15) is 49.1 Å². The minimum Gasteiger partial charge on any atom is -0.503 e. The molecule has 34 heavy (non-hydrogen) atoms. The molecule has 184 valence electrons. The van der Waals surface area contributed by atoms with Gasteiger partial charge in [0, 0.05) is 11.1 Å². The lowest BCUT2D eigenvalue weighted by atomic mass is 10.2. The molecule has 0 saturated carbocycles. The molecule has 0 aliphatic carbocycles. The fourth-order valence-electron chi connectivity index (χ4n) is 1.72. The third kappa shape index (κ3) is 5.68. The quantitative estimate of drug-likeness (QED) is 0.154. The Morgan fingerprint density at radius 1 is 0.559 bits per heavy atom. The molecule has 0 aliphatic rings. The molecular formula is C20H11F9O5. The van der Waals surface area contributed by atoms with Gasteiger partial charge >= 0.3 is 11.9 Å². The predicted octanol–water partition coefficient (Wildman–Crippen LogP) is 5.29. The van der Waals surface area contributed by atoms with Gasteiger partial charge in [-0.05, 0) is 13.8 Å². The molecule has 0 fully saturated rings. The summed E-state index contributed by atoms with van der Waals surface area (Å²) in [6.07, 6.45) is 0. The van der Waals surface area contributed by atoms with Crippen LogP contribution in [0.2, 0.25) is 0 Å². The van der Waals surface area contributed by atoms with Crippen LogP contribution in [0.15, 0.2) is 24.3 Å². The van der Waals surface area contributed by atoms with Crippen LogP contribution in [0, 0.1) is 52.4 Å². The van der Waals surface area contributed by atoms with Crippen molar-refractivity contribution in [2.24, 2.45) is 0 Å². The number of halogens is 9. The molecule has 0 aliphatic heterocycles. The Labute approximate surface area is 184 Å². The van der Waals surface area contributed by atoms with Crippen LogP contribution in [-0.2, 0) is 9.59 Å². The van der Waals surface area contributed by atoms with E-state index in [1.807, 2.05) is 0 Å². The van der Waals surface area contributed by atoms with E-state index in [0.717, 1.165) is 6.92 Å². The van der Waals surface area contributed by atoms with E-state index in [0.29, 0.717) is 0 Å². The van der Waals surface area contributed by atoms with E-state index in [1.54, 1.807) is 0 Å². The second-order valence-corrected chi connectivity index (χ2v) is 6.17. The van der Waals surface area contributed by atoms with Crippen LogP contribution in [0.25, 0.3) is 0 Å². The molecule has 0 atom stereocenters. The first kappa shape index (κ1) is 28.1. The molecule has 0 amide bonds. The van der Waals surface area contributed by atoms with Crippen molar-refractivity contribution in [1.29, 1.82) is 0 Å². The van der Waals surface area contributed by atoms with Crippen molar-refractivity contribution in [1.82, 2.24) is 0 Å². The van der Waals surface area contributed by atoms with Crippen molar-refractivity contribution in [3.8, 4) is 17.2 Å². The molecule has 0 radical (unpaired) electrons. The highest BCUT2D eigenvalue weighted by Gasteiger charge is 2.29. The Balaban J connectivity index is 0.000000340. The third-order valence-corrected chi connectivity index (χ3v) is 3.46. The van der Waals surface area contributed by atoms with Gasteiger partial charge in [-0.1, -0.05) is 13.2 Å². The highest BCUT2D eigenvalue weighted by molar-refractivity contribution is 5.89. The van der Waals surface area contributed by atoms with Gasteiger partial charge in [-0.25, -0.2) is 22.8 Å². The maximum Gasteiger partial charge on any atom is 0.338 e. The summed E-state index contributed by atoms with van der Waals surface area (Å²) >= 11 is 0. The van der Waals surface area contributed by atoms with Crippen molar-refractivity contribution < 1.29 is 63.7 Å². The highest BCUT2D eigenvalue weighted by atomic mass is 19.2. The molecule has 2 aromatic rings. The average molecular weight is 502 g/mol. The van der Waals surface area contributed by atoms with Gasteiger partial charge in [0.25, 0.3) is 0 Å². The molecule has 0 heterocycles. The van der Waals surface area contributed by atoms with E-state index in [4.69, 9.17) is 5.11 Å². The minimum absolute atomic E-state index is 0.224. The number of phenols is 1. The third-order valence-electron chi connectivity index (χ3n) is 3.46. The Bertz CT molecular complexity index is 1060. The van der Waals surface area contributed by atoms with Crippen LogP contribution in [0.4, 0.5) is 39.5 Å². The van der Waals surface area contributed by atoms with Crippen LogP contribution in [0.5, 0.6) is 17.2 Å². The number of phenolic OH excluding ortho intramolecular Hbond substituents is 1. The summed E-state index contributed by atoms with van der Waals surface area (Å²) in [5.74, 6) is -26.8. The van der Waals surface area contributed by atoms with Crippen LogP contribution in [0.1, 0.15) is 13.8 Å². The fraction of sp³-hybridized carbons (Fsp3) is 0.100. The number of hydrogen-bond acceptors (Lipinski definition) is 5. The van der Waals surface area contributed by atoms with Gasteiger partial charge < -0.3 is 14.6 Å². The maximum atomic E-state index is 13.1. The molecule has 0 saturated heterocycles. The number of benzene rings is 2. The van der Waals surface area contributed by atoms with Crippen molar-refractivity contribution in [3.05, 3.63) is 76.7 Å². The largest absolute Gasteiger partial charge is 0.503 e. The molecule has 0 unspecified atom stereocenters. The van der Waals surface area contributed by atoms with Crippen molar-refractivity contribution >= 4 is 11.9 Å². The smallest absolute Gasteiger partial charge is 0.338 e. The molecular weight excluding hydrogens is 491 g/mol. The van der Waals surface area contributed by atoms with Gasteiger partial charge in [0.2, 0.25) is 63.9 Å². The lowest BCUT2D eigenvalue weighted by Gasteiger charge is -2.08. The zero-order chi connectivity index (χ0) is 26.7. The van der Waals surface area contributed by atoms with Gasteiger partial charge in [-0.15, -0.1) is 0 Å². The number of ether oxygens (including phenoxy) is 2. The van der Waals surface area contributed by atoms with E-state index in [1.165, 1.54) is 6.92 Å². The van der Waals surface area contributed by atoms with Crippen LogP contribution >= 0.6 is 0 Å². The van der Waals surface area contributed by atoms with Crippen LogP contribution in [0.3, 0.4) is 0 Å². The highest BCUT2D eigenvalue weighted by Crippen LogP contribution is 2.34. The van der Waals surface area contributed by atoms with Crippen LogP contribution in [-0.4, -0.2) is 17.0 Å². The number of hydrogen-bond donors (Lipinski definition) is 1. The molecule has 2 aromatic carbocycles. The summed E-state index contributed by atoms with van der Waals surface area (Å²) < 4.78 is 124. The molecule has 0 bridgehead atoms. The molecule has 0 aromatic heterocycles. The first-order chi connectivity index (χ1) is 15.5. The summed E-state index contributed by atoms with van der Waals surface area (Å²) in [6.45, 7) is 8.53. The van der Waals surface area contributed by atoms with E-state index >= 15 is 0 Å². The molecule has 5 nitrogen and oxygen atoms in total. The number of carbonyl (C=O) groups is 2. The Morgan fingerprint density at radius 3 is 1.06 bits per heavy atom.